The van der Waals surface area contributed by atoms with Crippen LogP contribution < -0.4 is 25.2 Å². The van der Waals surface area contributed by atoms with E-state index in [9.17, 15) is 14.4 Å². The third kappa shape index (κ3) is 8.42. The van der Waals surface area contributed by atoms with Crippen LogP contribution in [-0.2, 0) is 25.4 Å². The number of nitrogens with zero attached hydrogens (tertiary/aromatic N) is 2. The predicted octanol–water partition coefficient (Wildman–Crippen LogP) is 3.49. The third-order valence-corrected chi connectivity index (χ3v) is 8.22. The molecule has 3 aromatic rings. The molecule has 47 heavy (non-hydrogen) atoms. The van der Waals surface area contributed by atoms with Crippen LogP contribution in [0.1, 0.15) is 16.7 Å². The maximum Gasteiger partial charge on any atom is 0.339 e. The number of ether oxygens (including phenoxy) is 6. The zero-order valence-electron chi connectivity index (χ0n) is 27.2. The molecule has 2 amide bonds. The van der Waals surface area contributed by atoms with E-state index in [1.165, 1.54) is 27.4 Å². The summed E-state index contributed by atoms with van der Waals surface area (Å²) in [7, 11) is 4.55. The van der Waals surface area contributed by atoms with E-state index in [1.807, 2.05) is 13.0 Å². The fraction of sp³-hybridized carbons (Fsp3) is 0.441. The van der Waals surface area contributed by atoms with Crippen LogP contribution in [0.3, 0.4) is 0 Å². The standard InChI is InChI=1S/C34H41N3O10/c1-22-26-7-6-24(35-34(40)37-11-15-45-16-12-37)19-28(26)47-33(39)27(22)20-25(21-36-9-13-44-14-10-36)46-31(38)8-5-23-17-29(41-2)32(43-4)30(18-23)42-3/h5-8,17-19,25H,9-16,20-21H2,1-4H3,(H,35,40)/b8-5-/t25-/m0/s1. The minimum Gasteiger partial charge on any atom is -0.493 e. The van der Waals surface area contributed by atoms with Gasteiger partial charge in [-0.05, 0) is 48.4 Å². The van der Waals surface area contributed by atoms with Gasteiger partial charge >= 0.3 is 17.6 Å². The van der Waals surface area contributed by atoms with Crippen LogP contribution in [0.4, 0.5) is 10.5 Å². The van der Waals surface area contributed by atoms with Gasteiger partial charge in [-0.25, -0.2) is 14.4 Å². The molecule has 3 heterocycles. The normalized spacial score (nSPS) is 16.2. The number of hydrogen-bond acceptors (Lipinski definition) is 11. The van der Waals surface area contributed by atoms with Gasteiger partial charge in [0.15, 0.2) is 11.5 Å². The van der Waals surface area contributed by atoms with E-state index in [0.29, 0.717) is 98.8 Å². The average Bonchev–Trinajstić information content (AvgIpc) is 3.09. The van der Waals surface area contributed by atoms with E-state index in [4.69, 9.17) is 32.8 Å². The quantitative estimate of drug-likeness (QED) is 0.185. The van der Waals surface area contributed by atoms with Gasteiger partial charge in [0.05, 0.1) is 47.8 Å². The van der Waals surface area contributed by atoms with Crippen molar-refractivity contribution in [3.63, 3.8) is 0 Å². The Morgan fingerprint density at radius 2 is 1.60 bits per heavy atom. The number of anilines is 1. The van der Waals surface area contributed by atoms with E-state index >= 15 is 0 Å². The van der Waals surface area contributed by atoms with Gasteiger partial charge in [-0.15, -0.1) is 0 Å². The number of carbonyl (C=O) groups is 2. The number of benzene rings is 2. The monoisotopic (exact) mass is 651 g/mol. The Balaban J connectivity index is 1.35. The molecule has 1 atom stereocenters. The summed E-state index contributed by atoms with van der Waals surface area (Å²) in [6.07, 6.45) is 2.44. The summed E-state index contributed by atoms with van der Waals surface area (Å²) in [5.74, 6) is 0.782. The number of aryl methyl sites for hydroxylation is 1. The molecule has 252 valence electrons. The van der Waals surface area contributed by atoms with Crippen molar-refractivity contribution >= 4 is 34.7 Å². The number of methoxy groups -OCH3 is 3. The number of nitrogens with one attached hydrogen (secondary N) is 1. The number of esters is 1. The number of fused-ring (bicyclic) bond motifs is 1. The van der Waals surface area contributed by atoms with Crippen LogP contribution in [0.15, 0.2) is 45.6 Å². The van der Waals surface area contributed by atoms with Crippen LogP contribution in [0, 0.1) is 6.92 Å². The Bertz CT molecular complexity index is 1630. The van der Waals surface area contributed by atoms with Gasteiger partial charge in [0.2, 0.25) is 5.75 Å². The molecular formula is C34H41N3O10. The molecule has 2 aliphatic heterocycles. The molecule has 0 spiro atoms. The molecule has 13 nitrogen and oxygen atoms in total. The Hall–Kier alpha value is -4.59. The molecule has 2 aromatic carbocycles. The minimum absolute atomic E-state index is 0.154. The number of carbonyl (C=O) groups excluding carboxylic acids is 2. The molecule has 2 fully saturated rings. The van der Waals surface area contributed by atoms with Gasteiger partial charge in [-0.2, -0.15) is 0 Å². The number of urea groups is 1. The SMILES string of the molecule is COc1cc(/C=C\C(=O)O[C@@H](Cc2c(C)c3ccc(NC(=O)N4CCOCC4)cc3oc2=O)CN2CCOCC2)cc(OC)c1OC. The summed E-state index contributed by atoms with van der Waals surface area (Å²) in [4.78, 5) is 42.9. The minimum atomic E-state index is -0.642. The van der Waals surface area contributed by atoms with Crippen molar-refractivity contribution in [2.24, 2.45) is 0 Å². The van der Waals surface area contributed by atoms with E-state index in [2.05, 4.69) is 10.2 Å². The van der Waals surface area contributed by atoms with Crippen LogP contribution in [0.2, 0.25) is 0 Å². The third-order valence-electron chi connectivity index (χ3n) is 8.22. The Labute approximate surface area is 272 Å². The van der Waals surface area contributed by atoms with Gasteiger partial charge in [-0.3, -0.25) is 4.90 Å². The van der Waals surface area contributed by atoms with Crippen molar-refractivity contribution in [1.29, 1.82) is 0 Å². The summed E-state index contributed by atoms with van der Waals surface area (Å²) in [5, 5.41) is 3.59. The van der Waals surface area contributed by atoms with E-state index in [0.717, 1.165) is 10.9 Å². The van der Waals surface area contributed by atoms with Crippen molar-refractivity contribution in [1.82, 2.24) is 9.80 Å². The predicted molar refractivity (Wildman–Crippen MR) is 175 cm³/mol. The lowest BCUT2D eigenvalue weighted by atomic mass is 10.0. The zero-order chi connectivity index (χ0) is 33.3. The summed E-state index contributed by atoms with van der Waals surface area (Å²) >= 11 is 0. The molecule has 0 radical (unpaired) electrons. The topological polar surface area (TPSA) is 138 Å². The van der Waals surface area contributed by atoms with Crippen molar-refractivity contribution in [3.8, 4) is 17.2 Å². The van der Waals surface area contributed by atoms with Crippen molar-refractivity contribution in [2.45, 2.75) is 19.4 Å². The zero-order valence-corrected chi connectivity index (χ0v) is 27.2. The highest BCUT2D eigenvalue weighted by atomic mass is 16.5. The molecule has 0 aliphatic carbocycles. The fourth-order valence-corrected chi connectivity index (χ4v) is 5.69. The number of morpholine rings is 2. The van der Waals surface area contributed by atoms with Crippen molar-refractivity contribution < 1.29 is 42.4 Å². The van der Waals surface area contributed by atoms with Gasteiger partial charge in [-0.1, -0.05) is 0 Å². The summed E-state index contributed by atoms with van der Waals surface area (Å²) in [6, 6.07) is 8.44. The number of amides is 2. The average molecular weight is 652 g/mol. The highest BCUT2D eigenvalue weighted by Crippen LogP contribution is 2.38. The lowest BCUT2D eigenvalue weighted by Crippen LogP contribution is -2.43. The van der Waals surface area contributed by atoms with Gasteiger partial charge in [0.1, 0.15) is 11.7 Å². The molecule has 2 aliphatic rings. The summed E-state index contributed by atoms with van der Waals surface area (Å²) in [5.41, 5.74) is 2.13. The summed E-state index contributed by atoms with van der Waals surface area (Å²) < 4.78 is 38.7. The van der Waals surface area contributed by atoms with Crippen molar-refractivity contribution in [3.05, 3.63) is 63.5 Å². The van der Waals surface area contributed by atoms with Crippen LogP contribution >= 0.6 is 0 Å². The maximum atomic E-state index is 13.3. The molecule has 0 saturated carbocycles. The summed E-state index contributed by atoms with van der Waals surface area (Å²) in [6.45, 7) is 6.77. The van der Waals surface area contributed by atoms with Crippen molar-refractivity contribution in [2.75, 3.05) is 85.8 Å². The van der Waals surface area contributed by atoms with Crippen LogP contribution in [0.5, 0.6) is 17.2 Å². The maximum absolute atomic E-state index is 13.3. The molecule has 5 rings (SSSR count). The molecule has 2 saturated heterocycles. The highest BCUT2D eigenvalue weighted by molar-refractivity contribution is 5.93. The largest absolute Gasteiger partial charge is 0.493 e. The lowest BCUT2D eigenvalue weighted by molar-refractivity contribution is -0.144. The van der Waals surface area contributed by atoms with E-state index < -0.39 is 17.7 Å². The van der Waals surface area contributed by atoms with Gasteiger partial charge in [0.25, 0.3) is 0 Å². The molecule has 1 aromatic heterocycles. The highest BCUT2D eigenvalue weighted by Gasteiger charge is 2.24. The number of hydrogen-bond donors (Lipinski definition) is 1. The first-order valence-corrected chi connectivity index (χ1v) is 15.5. The van der Waals surface area contributed by atoms with Crippen LogP contribution in [0.25, 0.3) is 17.0 Å². The molecule has 0 bridgehead atoms. The first-order valence-electron chi connectivity index (χ1n) is 15.5. The lowest BCUT2D eigenvalue weighted by Gasteiger charge is -2.30. The Morgan fingerprint density at radius 1 is 0.936 bits per heavy atom. The first-order chi connectivity index (χ1) is 22.8. The van der Waals surface area contributed by atoms with Gasteiger partial charge in [0, 0.05) is 67.9 Å². The van der Waals surface area contributed by atoms with Crippen LogP contribution in [-0.4, -0.2) is 108 Å². The molecule has 1 N–H and O–H groups in total. The molecule has 0 unspecified atom stereocenters. The second kappa shape index (κ2) is 15.8. The molecule has 13 heteroatoms. The van der Waals surface area contributed by atoms with E-state index in [-0.39, 0.29) is 12.5 Å². The van der Waals surface area contributed by atoms with E-state index in [1.54, 1.807) is 35.2 Å². The smallest absolute Gasteiger partial charge is 0.339 e. The second-order valence-corrected chi connectivity index (χ2v) is 11.2. The fourth-order valence-electron chi connectivity index (χ4n) is 5.69. The first kappa shape index (κ1) is 33.8. The Morgan fingerprint density at radius 3 is 2.23 bits per heavy atom. The molecular weight excluding hydrogens is 610 g/mol. The Kier molecular flexibility index (Phi) is 11.4. The van der Waals surface area contributed by atoms with Gasteiger partial charge < -0.3 is 43.1 Å². The second-order valence-electron chi connectivity index (χ2n) is 11.2. The number of rotatable bonds is 11.